The normalized spacial score (nSPS) is 21.5. The maximum absolute atomic E-state index is 14.4. The van der Waals surface area contributed by atoms with Crippen molar-refractivity contribution in [3.63, 3.8) is 0 Å². The molecule has 2 aromatic heterocycles. The number of ether oxygens (including phenoxy) is 1. The first kappa shape index (κ1) is 22.5. The van der Waals surface area contributed by atoms with E-state index in [2.05, 4.69) is 20.6 Å². The van der Waals surface area contributed by atoms with Gasteiger partial charge in [-0.1, -0.05) is 6.07 Å². The Hall–Kier alpha value is -3.34. The van der Waals surface area contributed by atoms with E-state index in [1.54, 1.807) is 6.20 Å². The van der Waals surface area contributed by atoms with Crippen molar-refractivity contribution in [3.8, 4) is 0 Å². The number of anilines is 3. The van der Waals surface area contributed by atoms with Crippen LogP contribution in [0.3, 0.4) is 0 Å². The van der Waals surface area contributed by atoms with Gasteiger partial charge in [-0.2, -0.15) is 4.98 Å². The molecule has 180 valence electrons. The monoisotopic (exact) mass is 471 g/mol. The Kier molecular flexibility index (Phi) is 6.27. The molecule has 0 radical (unpaired) electrons. The Morgan fingerprint density at radius 1 is 1.09 bits per heavy atom. The molecule has 4 N–H and O–H groups in total. The highest BCUT2D eigenvalue weighted by Gasteiger charge is 2.29. The number of nitrogens with two attached hydrogens (primary N) is 1. The van der Waals surface area contributed by atoms with Gasteiger partial charge in [-0.15, -0.1) is 0 Å². The van der Waals surface area contributed by atoms with E-state index in [4.69, 9.17) is 15.5 Å². The maximum Gasteiger partial charge on any atom is 0.224 e. The molecule has 1 aliphatic carbocycles. The number of primary amides is 1. The number of hydrogen-bond acceptors (Lipinski definition) is 7. The zero-order valence-corrected chi connectivity index (χ0v) is 18.6. The third-order valence-corrected chi connectivity index (χ3v) is 6.65. The average Bonchev–Trinajstić information content (AvgIpc) is 3.20. The lowest BCUT2D eigenvalue weighted by Gasteiger charge is -2.29. The van der Waals surface area contributed by atoms with Crippen LogP contribution in [0.5, 0.6) is 0 Å². The average molecular weight is 472 g/mol. The Morgan fingerprint density at radius 2 is 1.85 bits per heavy atom. The van der Waals surface area contributed by atoms with Crippen molar-refractivity contribution >= 4 is 34.7 Å². The van der Waals surface area contributed by atoms with Gasteiger partial charge in [0.05, 0.1) is 11.9 Å². The van der Waals surface area contributed by atoms with Gasteiger partial charge < -0.3 is 21.1 Å². The van der Waals surface area contributed by atoms with Crippen LogP contribution in [0.25, 0.3) is 11.2 Å². The minimum atomic E-state index is -0.980. The van der Waals surface area contributed by atoms with Crippen molar-refractivity contribution in [1.82, 2.24) is 19.5 Å². The van der Waals surface area contributed by atoms with Crippen LogP contribution in [-0.2, 0) is 9.53 Å². The van der Waals surface area contributed by atoms with Gasteiger partial charge in [-0.05, 0) is 50.7 Å². The van der Waals surface area contributed by atoms with E-state index in [9.17, 15) is 13.6 Å². The summed E-state index contributed by atoms with van der Waals surface area (Å²) in [6, 6.07) is 4.13. The first-order valence-corrected chi connectivity index (χ1v) is 11.6. The first-order chi connectivity index (χ1) is 16.5. The highest BCUT2D eigenvalue weighted by atomic mass is 19.2. The second kappa shape index (κ2) is 9.49. The molecule has 0 spiro atoms. The summed E-state index contributed by atoms with van der Waals surface area (Å²) in [6.07, 6.45) is 6.02. The number of fused-ring (bicyclic) bond motifs is 1. The molecule has 1 aliphatic heterocycles. The molecule has 0 atom stereocenters. The van der Waals surface area contributed by atoms with Crippen LogP contribution in [0.15, 0.2) is 24.4 Å². The standard InChI is InChI=1S/C23H27F2N7O2/c24-16-2-1-3-17(19(16)25)29-23-30-18-12-27-22(28-14-8-10-34-11-9-14)31-21(18)32(23)15-6-4-13(5-7-15)20(26)33/h1-3,12-15H,4-11H2,(H2,26,33)(H,29,30)(H,27,28,31)/t13-,15-. The van der Waals surface area contributed by atoms with E-state index in [0.717, 1.165) is 18.9 Å². The predicted molar refractivity (Wildman–Crippen MR) is 123 cm³/mol. The lowest BCUT2D eigenvalue weighted by atomic mass is 9.85. The van der Waals surface area contributed by atoms with Crippen LogP contribution in [0.1, 0.15) is 44.6 Å². The van der Waals surface area contributed by atoms with Gasteiger partial charge in [0.25, 0.3) is 0 Å². The number of nitrogens with one attached hydrogen (secondary N) is 2. The van der Waals surface area contributed by atoms with E-state index in [0.29, 0.717) is 62.0 Å². The minimum Gasteiger partial charge on any atom is -0.381 e. The fourth-order valence-corrected chi connectivity index (χ4v) is 4.76. The van der Waals surface area contributed by atoms with Crippen LogP contribution in [0.2, 0.25) is 0 Å². The molecular formula is C23H27F2N7O2. The van der Waals surface area contributed by atoms with Gasteiger partial charge in [0.1, 0.15) is 5.52 Å². The number of carbonyl (C=O) groups is 1. The van der Waals surface area contributed by atoms with Crippen molar-refractivity contribution in [3.05, 3.63) is 36.0 Å². The van der Waals surface area contributed by atoms with Gasteiger partial charge in [-0.3, -0.25) is 9.36 Å². The Labute approximate surface area is 195 Å². The lowest BCUT2D eigenvalue weighted by molar-refractivity contribution is -0.122. The Bertz CT molecular complexity index is 1190. The third-order valence-electron chi connectivity index (χ3n) is 6.65. The first-order valence-electron chi connectivity index (χ1n) is 11.6. The Morgan fingerprint density at radius 3 is 2.59 bits per heavy atom. The molecule has 2 fully saturated rings. The molecule has 0 bridgehead atoms. The lowest BCUT2D eigenvalue weighted by Crippen LogP contribution is -2.29. The summed E-state index contributed by atoms with van der Waals surface area (Å²) in [4.78, 5) is 25.4. The summed E-state index contributed by atoms with van der Waals surface area (Å²) in [6.45, 7) is 1.38. The number of aromatic nitrogens is 4. The van der Waals surface area contributed by atoms with E-state index < -0.39 is 11.6 Å². The number of amides is 1. The SMILES string of the molecule is NC(=O)[C@H]1CC[C@H](n2c(Nc3cccc(F)c3F)nc3cnc(NC4CCOCC4)nc32)CC1. The zero-order valence-electron chi connectivity index (χ0n) is 18.6. The van der Waals surface area contributed by atoms with Crippen LogP contribution < -0.4 is 16.4 Å². The third kappa shape index (κ3) is 4.52. The summed E-state index contributed by atoms with van der Waals surface area (Å²) in [5.41, 5.74) is 6.62. The molecule has 34 heavy (non-hydrogen) atoms. The molecule has 5 rings (SSSR count). The number of imidazole rings is 1. The van der Waals surface area contributed by atoms with Crippen molar-refractivity contribution < 1.29 is 18.3 Å². The summed E-state index contributed by atoms with van der Waals surface area (Å²) < 4.78 is 35.5. The fraction of sp³-hybridized carbons (Fsp3) is 0.478. The minimum absolute atomic E-state index is 0.0177. The van der Waals surface area contributed by atoms with Crippen molar-refractivity contribution in [1.29, 1.82) is 0 Å². The topological polar surface area (TPSA) is 120 Å². The second-order valence-corrected chi connectivity index (χ2v) is 8.87. The molecule has 1 saturated carbocycles. The molecule has 0 unspecified atom stereocenters. The largest absolute Gasteiger partial charge is 0.381 e. The fourth-order valence-electron chi connectivity index (χ4n) is 4.76. The molecule has 3 aromatic rings. The van der Waals surface area contributed by atoms with Crippen molar-refractivity contribution in [2.45, 2.75) is 50.6 Å². The smallest absolute Gasteiger partial charge is 0.224 e. The summed E-state index contributed by atoms with van der Waals surface area (Å²) in [7, 11) is 0. The predicted octanol–water partition coefficient (Wildman–Crippen LogP) is 3.66. The Balaban J connectivity index is 1.51. The van der Waals surface area contributed by atoms with E-state index in [-0.39, 0.29) is 29.6 Å². The number of benzene rings is 1. The number of halogens is 2. The van der Waals surface area contributed by atoms with E-state index >= 15 is 0 Å². The second-order valence-electron chi connectivity index (χ2n) is 8.87. The number of nitrogens with zero attached hydrogens (tertiary/aromatic N) is 4. The van der Waals surface area contributed by atoms with Crippen LogP contribution in [-0.4, -0.2) is 44.7 Å². The van der Waals surface area contributed by atoms with Gasteiger partial charge in [0, 0.05) is 31.2 Å². The molecule has 3 heterocycles. The van der Waals surface area contributed by atoms with Gasteiger partial charge >= 0.3 is 0 Å². The van der Waals surface area contributed by atoms with E-state index in [1.165, 1.54) is 12.1 Å². The van der Waals surface area contributed by atoms with Crippen molar-refractivity contribution in [2.24, 2.45) is 11.7 Å². The van der Waals surface area contributed by atoms with Crippen molar-refractivity contribution in [2.75, 3.05) is 23.8 Å². The van der Waals surface area contributed by atoms with Crippen LogP contribution >= 0.6 is 0 Å². The molecule has 1 aromatic carbocycles. The van der Waals surface area contributed by atoms with Gasteiger partial charge in [0.2, 0.25) is 17.8 Å². The molecule has 9 nitrogen and oxygen atoms in total. The molecule has 1 amide bonds. The van der Waals surface area contributed by atoms with Gasteiger partial charge in [0.15, 0.2) is 17.3 Å². The quantitative estimate of drug-likeness (QED) is 0.502. The number of hydrogen-bond donors (Lipinski definition) is 3. The van der Waals surface area contributed by atoms with E-state index in [1.807, 2.05) is 4.57 Å². The summed E-state index contributed by atoms with van der Waals surface area (Å²) >= 11 is 0. The summed E-state index contributed by atoms with van der Waals surface area (Å²) in [5, 5.41) is 6.31. The number of carbonyl (C=O) groups excluding carboxylic acids is 1. The highest BCUT2D eigenvalue weighted by Crippen LogP contribution is 2.37. The highest BCUT2D eigenvalue weighted by molar-refractivity contribution is 5.78. The van der Waals surface area contributed by atoms with Crippen LogP contribution in [0.4, 0.5) is 26.4 Å². The van der Waals surface area contributed by atoms with Gasteiger partial charge in [-0.25, -0.2) is 18.7 Å². The molecule has 2 aliphatic rings. The molecule has 1 saturated heterocycles. The zero-order chi connectivity index (χ0) is 23.7. The molecule has 11 heteroatoms. The molecular weight excluding hydrogens is 444 g/mol. The van der Waals surface area contributed by atoms with Crippen LogP contribution in [0, 0.1) is 17.6 Å². The summed E-state index contributed by atoms with van der Waals surface area (Å²) in [5.74, 6) is -1.55. The maximum atomic E-state index is 14.4. The number of rotatable bonds is 6.